The van der Waals surface area contributed by atoms with E-state index in [1.54, 1.807) is 24.3 Å². The number of rotatable bonds is 6. The predicted molar refractivity (Wildman–Crippen MR) is 136 cm³/mol. The Morgan fingerprint density at radius 1 is 0.971 bits per heavy atom. The summed E-state index contributed by atoms with van der Waals surface area (Å²) in [5.41, 5.74) is 4.92. The summed E-state index contributed by atoms with van der Waals surface area (Å²) in [7, 11) is 0. The number of aliphatic carboxylic acids is 1. The van der Waals surface area contributed by atoms with Crippen LogP contribution in [0.25, 0.3) is 17.2 Å². The molecule has 3 aromatic carbocycles. The van der Waals surface area contributed by atoms with Crippen LogP contribution >= 0.6 is 0 Å². The summed E-state index contributed by atoms with van der Waals surface area (Å²) >= 11 is 0. The van der Waals surface area contributed by atoms with Gasteiger partial charge in [0.25, 0.3) is 0 Å². The molecule has 2 N–H and O–H groups in total. The number of carboxylic acids is 1. The molecule has 0 radical (unpaired) electrons. The van der Waals surface area contributed by atoms with Crippen molar-refractivity contribution in [1.82, 2.24) is 0 Å². The zero-order valence-corrected chi connectivity index (χ0v) is 20.6. The van der Waals surface area contributed by atoms with E-state index in [1.807, 2.05) is 6.07 Å². The molecule has 0 saturated carbocycles. The molecule has 4 nitrogen and oxygen atoms in total. The van der Waals surface area contributed by atoms with Gasteiger partial charge in [-0.1, -0.05) is 45.9 Å². The first kappa shape index (κ1) is 24.5. The molecule has 0 bridgehead atoms. The van der Waals surface area contributed by atoms with Crippen LogP contribution < -0.4 is 4.74 Å². The summed E-state index contributed by atoms with van der Waals surface area (Å²) in [6.07, 6.45) is 4.62. The molecule has 1 aliphatic carbocycles. The van der Waals surface area contributed by atoms with Crippen LogP contribution in [-0.4, -0.2) is 16.2 Å². The maximum absolute atomic E-state index is 13.7. The summed E-state index contributed by atoms with van der Waals surface area (Å²) in [6, 6.07) is 15.4. The van der Waals surface area contributed by atoms with Crippen molar-refractivity contribution in [2.45, 2.75) is 58.0 Å². The summed E-state index contributed by atoms with van der Waals surface area (Å²) in [6.45, 7) is 9.08. The third kappa shape index (κ3) is 5.24. The van der Waals surface area contributed by atoms with Gasteiger partial charge < -0.3 is 14.9 Å². The minimum atomic E-state index is -1.04. The van der Waals surface area contributed by atoms with Gasteiger partial charge in [-0.15, -0.1) is 0 Å². The standard InChI is InChI=1S/C30H31FO4/c1-29(2)12-13-30(3,4)25-17-27(35-18-20-6-5-7-21(31)14-20)23(16-24(25)29)22-15-19(8-10-26(22)32)9-11-28(33)34/h5-11,14-17,32H,12-13,18H2,1-4H3,(H,33,34). The maximum atomic E-state index is 13.7. The fraction of sp³-hybridized carbons (Fsp3) is 0.300. The van der Waals surface area contributed by atoms with Crippen LogP contribution in [0.5, 0.6) is 11.5 Å². The van der Waals surface area contributed by atoms with Crippen LogP contribution in [0.3, 0.4) is 0 Å². The van der Waals surface area contributed by atoms with E-state index in [-0.39, 0.29) is 29.0 Å². The number of carbonyl (C=O) groups is 1. The Morgan fingerprint density at radius 2 is 1.66 bits per heavy atom. The Balaban J connectivity index is 1.88. The molecule has 1 aliphatic rings. The zero-order chi connectivity index (χ0) is 25.4. The number of hydrogen-bond donors (Lipinski definition) is 2. The van der Waals surface area contributed by atoms with E-state index < -0.39 is 5.97 Å². The molecule has 3 aromatic rings. The van der Waals surface area contributed by atoms with E-state index in [0.29, 0.717) is 28.0 Å². The lowest BCUT2D eigenvalue weighted by atomic mass is 9.62. The first-order valence-corrected chi connectivity index (χ1v) is 11.8. The van der Waals surface area contributed by atoms with Crippen LogP contribution in [0.1, 0.15) is 62.8 Å². The second-order valence-corrected chi connectivity index (χ2v) is 10.5. The van der Waals surface area contributed by atoms with Gasteiger partial charge in [0.05, 0.1) is 0 Å². The van der Waals surface area contributed by atoms with E-state index in [2.05, 4.69) is 39.8 Å². The number of phenols is 1. The Morgan fingerprint density at radius 3 is 2.31 bits per heavy atom. The molecule has 0 saturated heterocycles. The monoisotopic (exact) mass is 474 g/mol. The van der Waals surface area contributed by atoms with Gasteiger partial charge in [0.1, 0.15) is 23.9 Å². The third-order valence-corrected chi connectivity index (χ3v) is 6.97. The maximum Gasteiger partial charge on any atom is 0.328 e. The summed E-state index contributed by atoms with van der Waals surface area (Å²) in [4.78, 5) is 11.0. The van der Waals surface area contributed by atoms with Gasteiger partial charge >= 0.3 is 5.97 Å². The molecule has 0 aliphatic heterocycles. The van der Waals surface area contributed by atoms with Crippen molar-refractivity contribution in [2.75, 3.05) is 0 Å². The number of hydrogen-bond acceptors (Lipinski definition) is 3. The highest BCUT2D eigenvalue weighted by molar-refractivity contribution is 5.86. The third-order valence-electron chi connectivity index (χ3n) is 6.97. The molecule has 0 unspecified atom stereocenters. The van der Waals surface area contributed by atoms with Gasteiger partial charge in [-0.2, -0.15) is 0 Å². The minimum absolute atomic E-state index is 0.0472. The van der Waals surface area contributed by atoms with Crippen molar-refractivity contribution >= 4 is 12.0 Å². The van der Waals surface area contributed by atoms with Crippen molar-refractivity contribution < 1.29 is 24.1 Å². The van der Waals surface area contributed by atoms with E-state index in [4.69, 9.17) is 9.84 Å². The molecule has 182 valence electrons. The smallest absolute Gasteiger partial charge is 0.328 e. The lowest BCUT2D eigenvalue weighted by molar-refractivity contribution is -0.131. The molecule has 0 heterocycles. The fourth-order valence-corrected chi connectivity index (χ4v) is 4.75. The lowest BCUT2D eigenvalue weighted by Crippen LogP contribution is -2.33. The van der Waals surface area contributed by atoms with Gasteiger partial charge in [-0.3, -0.25) is 0 Å². The lowest BCUT2D eigenvalue weighted by Gasteiger charge is -2.42. The topological polar surface area (TPSA) is 66.8 Å². The van der Waals surface area contributed by atoms with Crippen molar-refractivity contribution in [2.24, 2.45) is 0 Å². The van der Waals surface area contributed by atoms with Crippen molar-refractivity contribution in [3.63, 3.8) is 0 Å². The van der Waals surface area contributed by atoms with Crippen LogP contribution in [0.4, 0.5) is 4.39 Å². The number of carboxylic acid groups (broad SMARTS) is 1. The molecule has 4 rings (SSSR count). The first-order chi connectivity index (χ1) is 16.5. The largest absolute Gasteiger partial charge is 0.507 e. The molecule has 0 fully saturated rings. The minimum Gasteiger partial charge on any atom is -0.507 e. The molecule has 5 heteroatoms. The Bertz CT molecular complexity index is 1300. The van der Waals surface area contributed by atoms with E-state index in [9.17, 15) is 14.3 Å². The van der Waals surface area contributed by atoms with Crippen LogP contribution in [0, 0.1) is 5.82 Å². The number of ether oxygens (including phenoxy) is 1. The van der Waals surface area contributed by atoms with Gasteiger partial charge in [0, 0.05) is 17.2 Å². The molecule has 0 atom stereocenters. The number of benzene rings is 3. The summed E-state index contributed by atoms with van der Waals surface area (Å²) < 4.78 is 20.0. The van der Waals surface area contributed by atoms with Gasteiger partial charge in [-0.25, -0.2) is 9.18 Å². The number of fused-ring (bicyclic) bond motifs is 1. The fourth-order valence-electron chi connectivity index (χ4n) is 4.75. The van der Waals surface area contributed by atoms with Crippen molar-refractivity contribution in [3.05, 3.63) is 88.7 Å². The molecule has 0 aromatic heterocycles. The van der Waals surface area contributed by atoms with Gasteiger partial charge in [0.2, 0.25) is 0 Å². The Labute approximate surface area is 205 Å². The van der Waals surface area contributed by atoms with Gasteiger partial charge in [0.15, 0.2) is 0 Å². The SMILES string of the molecule is CC1(C)CCC(C)(C)c2cc(-c3cc(C=CC(=O)O)ccc3O)c(OCc3cccc(F)c3)cc21. The number of aromatic hydroxyl groups is 1. The van der Waals surface area contributed by atoms with Crippen molar-refractivity contribution in [3.8, 4) is 22.6 Å². The Hall–Kier alpha value is -3.60. The highest BCUT2D eigenvalue weighted by atomic mass is 19.1. The average Bonchev–Trinajstić information content (AvgIpc) is 2.80. The van der Waals surface area contributed by atoms with Crippen LogP contribution in [0.2, 0.25) is 0 Å². The zero-order valence-electron chi connectivity index (χ0n) is 20.6. The van der Waals surface area contributed by atoms with Gasteiger partial charge in [-0.05, 0) is 88.4 Å². The second kappa shape index (κ2) is 9.21. The van der Waals surface area contributed by atoms with Crippen LogP contribution in [-0.2, 0) is 22.2 Å². The second-order valence-electron chi connectivity index (χ2n) is 10.5. The summed E-state index contributed by atoms with van der Waals surface area (Å²) in [5.74, 6) is -0.707. The number of phenolic OH excluding ortho intramolecular Hbond substituents is 1. The Kier molecular flexibility index (Phi) is 6.46. The van der Waals surface area contributed by atoms with E-state index >= 15 is 0 Å². The highest BCUT2D eigenvalue weighted by Crippen LogP contribution is 2.50. The van der Waals surface area contributed by atoms with E-state index in [0.717, 1.165) is 18.9 Å². The molecule has 35 heavy (non-hydrogen) atoms. The van der Waals surface area contributed by atoms with Crippen molar-refractivity contribution in [1.29, 1.82) is 0 Å². The normalized spacial score (nSPS) is 16.1. The summed E-state index contributed by atoms with van der Waals surface area (Å²) in [5, 5.41) is 19.8. The molecular formula is C30H31FO4. The quantitative estimate of drug-likeness (QED) is 0.370. The molecular weight excluding hydrogens is 443 g/mol. The average molecular weight is 475 g/mol. The molecule has 0 amide bonds. The van der Waals surface area contributed by atoms with E-state index in [1.165, 1.54) is 29.3 Å². The first-order valence-electron chi connectivity index (χ1n) is 11.8. The number of halogens is 1. The van der Waals surface area contributed by atoms with Crippen LogP contribution in [0.15, 0.2) is 60.7 Å². The molecule has 0 spiro atoms. The highest BCUT2D eigenvalue weighted by Gasteiger charge is 2.38. The predicted octanol–water partition coefficient (Wildman–Crippen LogP) is 7.22.